The van der Waals surface area contributed by atoms with Gasteiger partial charge in [0.05, 0.1) is 11.4 Å². The molecule has 2 aromatic carbocycles. The van der Waals surface area contributed by atoms with Crippen LogP contribution in [-0.4, -0.2) is 46.6 Å². The summed E-state index contributed by atoms with van der Waals surface area (Å²) in [5, 5.41) is 12.8. The molecule has 1 aromatic heterocycles. The van der Waals surface area contributed by atoms with Crippen LogP contribution in [0.2, 0.25) is 0 Å². The van der Waals surface area contributed by atoms with Gasteiger partial charge in [0.25, 0.3) is 0 Å². The quantitative estimate of drug-likeness (QED) is 0.487. The van der Waals surface area contributed by atoms with Gasteiger partial charge in [0, 0.05) is 37.8 Å². The average molecular weight is 477 g/mol. The number of anilines is 2. The second kappa shape index (κ2) is 10.4. The lowest BCUT2D eigenvalue weighted by atomic mass is 9.92. The second-order valence-corrected chi connectivity index (χ2v) is 9.43. The van der Waals surface area contributed by atoms with E-state index < -0.39 is 11.8 Å². The maximum atomic E-state index is 12.7. The number of carbonyl (C=O) groups is 3. The number of hydrogen-bond donors (Lipinski definition) is 3. The number of aryl methyl sites for hydroxylation is 1. The highest BCUT2D eigenvalue weighted by atomic mass is 16.2. The number of aromatic nitrogens is 2. The number of hydrogen-bond acceptors (Lipinski definition) is 4. The van der Waals surface area contributed by atoms with E-state index in [0.29, 0.717) is 17.2 Å². The van der Waals surface area contributed by atoms with Crippen molar-refractivity contribution in [2.24, 2.45) is 0 Å². The minimum Gasteiger partial charge on any atom is -0.351 e. The van der Waals surface area contributed by atoms with Crippen molar-refractivity contribution >= 4 is 29.4 Å². The van der Waals surface area contributed by atoms with Crippen molar-refractivity contribution < 1.29 is 14.4 Å². The molecular weight excluding hydrogens is 444 g/mol. The van der Waals surface area contributed by atoms with Crippen LogP contribution in [0.1, 0.15) is 37.6 Å². The average Bonchev–Trinajstić information content (AvgIpc) is 3.24. The molecule has 0 spiro atoms. The highest BCUT2D eigenvalue weighted by molar-refractivity contribution is 6.34. The highest BCUT2D eigenvalue weighted by Gasteiger charge is 2.22. The minimum atomic E-state index is -0.670. The molecule has 3 N–H and O–H groups in total. The third-order valence-electron chi connectivity index (χ3n) is 5.37. The van der Waals surface area contributed by atoms with Crippen molar-refractivity contribution in [1.29, 1.82) is 0 Å². The molecule has 3 rings (SSSR count). The molecule has 0 bridgehead atoms. The molecule has 35 heavy (non-hydrogen) atoms. The molecule has 184 valence electrons. The first-order chi connectivity index (χ1) is 16.5. The number of nitrogens with zero attached hydrogens (tertiary/aromatic N) is 3. The smallest absolute Gasteiger partial charge is 0.324 e. The van der Waals surface area contributed by atoms with Crippen LogP contribution in [0.4, 0.5) is 16.3 Å². The van der Waals surface area contributed by atoms with E-state index in [1.807, 2.05) is 82.3 Å². The Morgan fingerprint density at radius 1 is 1.00 bits per heavy atom. The topological polar surface area (TPSA) is 108 Å². The van der Waals surface area contributed by atoms with E-state index in [4.69, 9.17) is 5.10 Å². The maximum absolute atomic E-state index is 12.7. The Morgan fingerprint density at radius 2 is 1.69 bits per heavy atom. The van der Waals surface area contributed by atoms with Gasteiger partial charge in [0.2, 0.25) is 0 Å². The van der Waals surface area contributed by atoms with Gasteiger partial charge in [-0.05, 0) is 36.8 Å². The Morgan fingerprint density at radius 3 is 2.31 bits per heavy atom. The lowest BCUT2D eigenvalue weighted by Crippen LogP contribution is -2.39. The molecule has 0 aliphatic rings. The molecular formula is C26H32N6O3. The molecule has 0 saturated carbocycles. The summed E-state index contributed by atoms with van der Waals surface area (Å²) < 4.78 is 1.67. The fourth-order valence-electron chi connectivity index (χ4n) is 3.36. The van der Waals surface area contributed by atoms with E-state index in [2.05, 4.69) is 16.0 Å². The van der Waals surface area contributed by atoms with Crippen LogP contribution < -0.4 is 16.0 Å². The molecule has 9 heteroatoms. The summed E-state index contributed by atoms with van der Waals surface area (Å²) in [5.74, 6) is -0.787. The summed E-state index contributed by atoms with van der Waals surface area (Å²) in [6.45, 7) is 8.36. The predicted octanol–water partition coefficient (Wildman–Crippen LogP) is 3.83. The minimum absolute atomic E-state index is 0.240. The zero-order chi connectivity index (χ0) is 25.8. The Kier molecular flexibility index (Phi) is 7.58. The zero-order valence-corrected chi connectivity index (χ0v) is 21.0. The van der Waals surface area contributed by atoms with Gasteiger partial charge in [0.15, 0.2) is 0 Å². The van der Waals surface area contributed by atoms with Crippen LogP contribution in [0.15, 0.2) is 54.6 Å². The summed E-state index contributed by atoms with van der Waals surface area (Å²) in [4.78, 5) is 37.9. The van der Waals surface area contributed by atoms with Gasteiger partial charge < -0.3 is 15.5 Å². The molecule has 4 amide bonds. The first-order valence-electron chi connectivity index (χ1n) is 11.3. The maximum Gasteiger partial charge on any atom is 0.324 e. The van der Waals surface area contributed by atoms with Gasteiger partial charge in [-0.1, -0.05) is 50.6 Å². The normalized spacial score (nSPS) is 11.0. The van der Waals surface area contributed by atoms with Crippen LogP contribution in [-0.2, 0) is 21.5 Å². The molecule has 9 nitrogen and oxygen atoms in total. The molecule has 0 saturated heterocycles. The molecule has 0 aliphatic carbocycles. The summed E-state index contributed by atoms with van der Waals surface area (Å²) >= 11 is 0. The number of carbonyl (C=O) groups excluding carboxylic acids is 3. The van der Waals surface area contributed by atoms with E-state index in [9.17, 15) is 14.4 Å². The summed E-state index contributed by atoms with van der Waals surface area (Å²) in [6, 6.07) is 16.4. The van der Waals surface area contributed by atoms with E-state index in [0.717, 1.165) is 16.8 Å². The Balaban J connectivity index is 1.88. The molecule has 0 unspecified atom stereocenters. The number of nitrogens with one attached hydrogen (secondary N) is 3. The Labute approximate surface area is 205 Å². The highest BCUT2D eigenvalue weighted by Crippen LogP contribution is 2.27. The lowest BCUT2D eigenvalue weighted by Gasteiger charge is -2.17. The van der Waals surface area contributed by atoms with Gasteiger partial charge in [-0.15, -0.1) is 0 Å². The fraction of sp³-hybridized carbons (Fsp3) is 0.308. The molecule has 1 heterocycles. The third-order valence-corrected chi connectivity index (χ3v) is 5.37. The van der Waals surface area contributed by atoms with Crippen molar-refractivity contribution in [3.63, 3.8) is 0 Å². The first kappa shape index (κ1) is 25.5. The van der Waals surface area contributed by atoms with Crippen LogP contribution in [0, 0.1) is 6.92 Å². The largest absolute Gasteiger partial charge is 0.351 e. The van der Waals surface area contributed by atoms with Crippen LogP contribution in [0.25, 0.3) is 5.69 Å². The van der Waals surface area contributed by atoms with E-state index in [1.54, 1.807) is 11.7 Å². The van der Waals surface area contributed by atoms with Crippen molar-refractivity contribution in [1.82, 2.24) is 20.0 Å². The Hall–Kier alpha value is -4.14. The van der Waals surface area contributed by atoms with Crippen molar-refractivity contribution in [3.05, 3.63) is 71.4 Å². The summed E-state index contributed by atoms with van der Waals surface area (Å²) in [6.07, 6.45) is 0. The number of rotatable bonds is 5. The molecule has 3 aromatic rings. The van der Waals surface area contributed by atoms with Gasteiger partial charge in [0.1, 0.15) is 5.82 Å². The molecule has 0 aliphatic heterocycles. The van der Waals surface area contributed by atoms with Crippen LogP contribution >= 0.6 is 0 Å². The van der Waals surface area contributed by atoms with Gasteiger partial charge >= 0.3 is 17.8 Å². The molecule has 0 fully saturated rings. The standard InChI is InChI=1S/C26H32N6O3/c1-17-10-12-19(13-11-17)28-25(35)29-22-15-21(26(2,3)4)30-32(22)20-9-7-8-18(14-20)16-31(6)24(34)23(33)27-5/h7-15H,16H2,1-6H3,(H,27,33)(H2,28,29,35). The van der Waals surface area contributed by atoms with Crippen molar-refractivity contribution in [3.8, 4) is 5.69 Å². The lowest BCUT2D eigenvalue weighted by molar-refractivity contribution is -0.145. The van der Waals surface area contributed by atoms with Gasteiger partial charge in [-0.25, -0.2) is 9.48 Å². The number of benzene rings is 2. The molecule has 0 radical (unpaired) electrons. The van der Waals surface area contributed by atoms with Crippen molar-refractivity contribution in [2.75, 3.05) is 24.7 Å². The zero-order valence-electron chi connectivity index (χ0n) is 21.0. The summed E-state index contributed by atoms with van der Waals surface area (Å²) in [5.41, 5.74) is 3.87. The molecule has 0 atom stereocenters. The van der Waals surface area contributed by atoms with Gasteiger partial charge in [-0.3, -0.25) is 14.9 Å². The van der Waals surface area contributed by atoms with Crippen LogP contribution in [0.5, 0.6) is 0 Å². The predicted molar refractivity (Wildman–Crippen MR) is 137 cm³/mol. The monoisotopic (exact) mass is 476 g/mol. The number of urea groups is 1. The fourth-order valence-corrected chi connectivity index (χ4v) is 3.36. The van der Waals surface area contributed by atoms with Gasteiger partial charge in [-0.2, -0.15) is 5.10 Å². The number of amides is 4. The van der Waals surface area contributed by atoms with E-state index in [1.165, 1.54) is 11.9 Å². The SMILES string of the molecule is CNC(=O)C(=O)N(C)Cc1cccc(-n2nc(C(C)(C)C)cc2NC(=O)Nc2ccc(C)cc2)c1. The van der Waals surface area contributed by atoms with E-state index in [-0.39, 0.29) is 18.0 Å². The second-order valence-electron chi connectivity index (χ2n) is 9.43. The van der Waals surface area contributed by atoms with Crippen molar-refractivity contribution in [2.45, 2.75) is 39.7 Å². The third kappa shape index (κ3) is 6.47. The summed E-state index contributed by atoms with van der Waals surface area (Å²) in [7, 11) is 2.99. The van der Waals surface area contributed by atoms with Crippen LogP contribution in [0.3, 0.4) is 0 Å². The first-order valence-corrected chi connectivity index (χ1v) is 11.3. The number of likely N-dealkylation sites (N-methyl/N-ethyl adjacent to an activating group) is 2. The Bertz CT molecular complexity index is 1220. The van der Waals surface area contributed by atoms with E-state index >= 15 is 0 Å².